The first-order valence-corrected chi connectivity index (χ1v) is 3.97. The Balaban J connectivity index is 4.08. The normalized spacial score (nSPS) is 11.5. The van der Waals surface area contributed by atoms with Crippen LogP contribution in [0.5, 0.6) is 0 Å². The lowest BCUT2D eigenvalue weighted by atomic mass is 10.2. The van der Waals surface area contributed by atoms with Gasteiger partial charge in [0.1, 0.15) is 6.04 Å². The Bertz CT molecular complexity index is 187. The van der Waals surface area contributed by atoms with Crippen molar-refractivity contribution in [2.45, 2.75) is 32.7 Å². The van der Waals surface area contributed by atoms with E-state index < -0.39 is 12.0 Å². The highest BCUT2D eigenvalue weighted by atomic mass is 16.5. The summed E-state index contributed by atoms with van der Waals surface area (Å²) in [6, 6.07) is -0.653. The summed E-state index contributed by atoms with van der Waals surface area (Å²) in [5.41, 5.74) is 8.13. The van der Waals surface area contributed by atoms with Gasteiger partial charge in [-0.1, -0.05) is 18.5 Å². The number of hydrogen-bond acceptors (Lipinski definition) is 3. The molecule has 0 saturated carbocycles. The van der Waals surface area contributed by atoms with E-state index in [0.717, 1.165) is 6.42 Å². The van der Waals surface area contributed by atoms with Crippen molar-refractivity contribution in [1.29, 1.82) is 0 Å². The van der Waals surface area contributed by atoms with E-state index in [0.29, 0.717) is 13.0 Å². The first-order valence-electron chi connectivity index (χ1n) is 3.97. The lowest BCUT2D eigenvalue weighted by Gasteiger charge is -2.07. The van der Waals surface area contributed by atoms with Crippen LogP contribution < -0.4 is 0 Å². The van der Waals surface area contributed by atoms with Crippen molar-refractivity contribution in [3.05, 3.63) is 10.4 Å². The van der Waals surface area contributed by atoms with Gasteiger partial charge in [-0.15, -0.1) is 0 Å². The van der Waals surface area contributed by atoms with Crippen molar-refractivity contribution in [1.82, 2.24) is 0 Å². The lowest BCUT2D eigenvalue weighted by Crippen LogP contribution is -2.20. The second kappa shape index (κ2) is 6.49. The molecule has 68 valence electrons. The Morgan fingerprint density at radius 1 is 1.67 bits per heavy atom. The van der Waals surface area contributed by atoms with Crippen molar-refractivity contribution in [3.63, 3.8) is 0 Å². The molecule has 0 aromatic heterocycles. The molecule has 0 fully saturated rings. The van der Waals surface area contributed by atoms with Crippen LogP contribution in [-0.2, 0) is 9.53 Å². The number of carbonyl (C=O) groups is 1. The Morgan fingerprint density at radius 2 is 2.33 bits per heavy atom. The van der Waals surface area contributed by atoms with E-state index in [1.165, 1.54) is 0 Å². The quantitative estimate of drug-likeness (QED) is 0.274. The molecule has 0 aliphatic heterocycles. The SMILES string of the molecule is CCC[C@H](N=[N+]=[N-])C(=O)OCC. The summed E-state index contributed by atoms with van der Waals surface area (Å²) in [6.45, 7) is 3.95. The van der Waals surface area contributed by atoms with Crippen molar-refractivity contribution < 1.29 is 9.53 Å². The van der Waals surface area contributed by atoms with Crippen LogP contribution in [0.4, 0.5) is 0 Å². The summed E-state index contributed by atoms with van der Waals surface area (Å²) in [4.78, 5) is 13.6. The van der Waals surface area contributed by atoms with Crippen LogP contribution in [0.2, 0.25) is 0 Å². The van der Waals surface area contributed by atoms with Gasteiger partial charge in [0.05, 0.1) is 6.61 Å². The third-order valence-corrected chi connectivity index (χ3v) is 1.31. The summed E-state index contributed by atoms with van der Waals surface area (Å²) in [5, 5.41) is 3.34. The average Bonchev–Trinajstić information content (AvgIpc) is 2.04. The Morgan fingerprint density at radius 3 is 2.75 bits per heavy atom. The smallest absolute Gasteiger partial charge is 0.314 e. The van der Waals surface area contributed by atoms with Gasteiger partial charge in [0.25, 0.3) is 0 Å². The molecule has 0 saturated heterocycles. The van der Waals surface area contributed by atoms with E-state index in [4.69, 9.17) is 10.3 Å². The number of ether oxygens (including phenoxy) is 1. The summed E-state index contributed by atoms with van der Waals surface area (Å²) in [6.07, 6.45) is 1.34. The molecular weight excluding hydrogens is 158 g/mol. The van der Waals surface area contributed by atoms with E-state index in [1.807, 2.05) is 6.92 Å². The minimum atomic E-state index is -0.653. The highest BCUT2D eigenvalue weighted by Gasteiger charge is 2.16. The van der Waals surface area contributed by atoms with Crippen LogP contribution in [0.15, 0.2) is 5.11 Å². The minimum absolute atomic E-state index is 0.319. The Kier molecular flexibility index (Phi) is 5.83. The van der Waals surface area contributed by atoms with Crippen LogP contribution in [0.3, 0.4) is 0 Å². The highest BCUT2D eigenvalue weighted by Crippen LogP contribution is 2.04. The van der Waals surface area contributed by atoms with Gasteiger partial charge in [0, 0.05) is 4.91 Å². The fraction of sp³-hybridized carbons (Fsp3) is 0.857. The fourth-order valence-corrected chi connectivity index (χ4v) is 0.797. The summed E-state index contributed by atoms with van der Waals surface area (Å²) >= 11 is 0. The molecule has 0 unspecified atom stereocenters. The van der Waals surface area contributed by atoms with Gasteiger partial charge >= 0.3 is 5.97 Å². The molecule has 5 heteroatoms. The second-order valence-electron chi connectivity index (χ2n) is 2.26. The van der Waals surface area contributed by atoms with Gasteiger partial charge in [0.15, 0.2) is 0 Å². The van der Waals surface area contributed by atoms with E-state index >= 15 is 0 Å². The third-order valence-electron chi connectivity index (χ3n) is 1.31. The van der Waals surface area contributed by atoms with Crippen molar-refractivity contribution in [3.8, 4) is 0 Å². The van der Waals surface area contributed by atoms with Crippen LogP contribution in [-0.4, -0.2) is 18.6 Å². The zero-order valence-corrected chi connectivity index (χ0v) is 7.36. The summed E-state index contributed by atoms with van der Waals surface area (Å²) in [7, 11) is 0. The van der Waals surface area contributed by atoms with Crippen LogP contribution in [0.1, 0.15) is 26.7 Å². The van der Waals surface area contributed by atoms with Gasteiger partial charge in [-0.05, 0) is 18.9 Å². The number of esters is 1. The molecule has 0 aliphatic rings. The van der Waals surface area contributed by atoms with Crippen LogP contribution in [0.25, 0.3) is 10.4 Å². The molecule has 0 aliphatic carbocycles. The zero-order chi connectivity index (χ0) is 9.40. The van der Waals surface area contributed by atoms with Gasteiger partial charge in [-0.25, -0.2) is 0 Å². The molecule has 0 heterocycles. The monoisotopic (exact) mass is 171 g/mol. The largest absolute Gasteiger partial charge is 0.466 e. The number of azide groups is 1. The van der Waals surface area contributed by atoms with Crippen molar-refractivity contribution in [2.24, 2.45) is 5.11 Å². The number of nitrogens with zero attached hydrogens (tertiary/aromatic N) is 3. The topological polar surface area (TPSA) is 75.1 Å². The van der Waals surface area contributed by atoms with E-state index in [2.05, 4.69) is 10.0 Å². The molecule has 0 aromatic carbocycles. The predicted molar refractivity (Wildman–Crippen MR) is 44.5 cm³/mol. The summed E-state index contributed by atoms with van der Waals surface area (Å²) in [5.74, 6) is -0.433. The molecule has 0 bridgehead atoms. The predicted octanol–water partition coefficient (Wildman–Crippen LogP) is 2.03. The number of carbonyl (C=O) groups excluding carboxylic acids is 1. The lowest BCUT2D eigenvalue weighted by molar-refractivity contribution is -0.144. The van der Waals surface area contributed by atoms with Crippen molar-refractivity contribution >= 4 is 5.97 Å². The molecule has 5 nitrogen and oxygen atoms in total. The van der Waals surface area contributed by atoms with Gasteiger partial charge < -0.3 is 4.74 Å². The molecule has 0 spiro atoms. The van der Waals surface area contributed by atoms with Gasteiger partial charge in [0.2, 0.25) is 0 Å². The van der Waals surface area contributed by atoms with Crippen LogP contribution >= 0.6 is 0 Å². The first kappa shape index (κ1) is 10.8. The average molecular weight is 171 g/mol. The van der Waals surface area contributed by atoms with E-state index in [1.54, 1.807) is 6.92 Å². The highest BCUT2D eigenvalue weighted by molar-refractivity contribution is 5.75. The zero-order valence-electron chi connectivity index (χ0n) is 7.36. The first-order chi connectivity index (χ1) is 5.76. The second-order valence-corrected chi connectivity index (χ2v) is 2.26. The third kappa shape index (κ3) is 3.83. The molecule has 0 aromatic rings. The molecular formula is C7H13N3O2. The number of hydrogen-bond donors (Lipinski definition) is 0. The van der Waals surface area contributed by atoms with Gasteiger partial charge in [-0.2, -0.15) is 0 Å². The molecule has 1 atom stereocenters. The minimum Gasteiger partial charge on any atom is -0.466 e. The maximum Gasteiger partial charge on any atom is 0.314 e. The fourth-order valence-electron chi connectivity index (χ4n) is 0.797. The number of rotatable bonds is 5. The Hall–Kier alpha value is -1.22. The standard InChI is InChI=1S/C7H13N3O2/c1-3-5-6(9-10-8)7(11)12-4-2/h6H,3-5H2,1-2H3/t6-/m0/s1. The van der Waals surface area contributed by atoms with Crippen molar-refractivity contribution in [2.75, 3.05) is 6.61 Å². The Labute approximate surface area is 71.3 Å². The molecule has 0 N–H and O–H groups in total. The van der Waals surface area contributed by atoms with Gasteiger partial charge in [-0.3, -0.25) is 4.79 Å². The van der Waals surface area contributed by atoms with E-state index in [9.17, 15) is 4.79 Å². The summed E-state index contributed by atoms with van der Waals surface area (Å²) < 4.78 is 4.71. The molecule has 0 rings (SSSR count). The maximum absolute atomic E-state index is 11.0. The molecule has 0 radical (unpaired) electrons. The molecule has 0 amide bonds. The molecule has 12 heavy (non-hydrogen) atoms. The maximum atomic E-state index is 11.0. The van der Waals surface area contributed by atoms with Crippen LogP contribution in [0, 0.1) is 0 Å². The van der Waals surface area contributed by atoms with E-state index in [-0.39, 0.29) is 0 Å².